The molecule has 1 aliphatic rings. The van der Waals surface area contributed by atoms with Gasteiger partial charge in [-0.1, -0.05) is 42.1 Å². The van der Waals surface area contributed by atoms with Gasteiger partial charge in [-0.15, -0.1) is 0 Å². The molecular formula is C15H13NO2S. The van der Waals surface area contributed by atoms with Crippen molar-refractivity contribution >= 4 is 17.9 Å². The van der Waals surface area contributed by atoms with Gasteiger partial charge in [-0.25, -0.2) is 4.79 Å². The third-order valence-electron chi connectivity index (χ3n) is 3.20. The van der Waals surface area contributed by atoms with Gasteiger partial charge in [0.2, 0.25) is 0 Å². The number of rotatable bonds is 1. The fourth-order valence-corrected chi connectivity index (χ4v) is 3.58. The van der Waals surface area contributed by atoms with Gasteiger partial charge in [0.05, 0.1) is 0 Å². The second-order valence-electron chi connectivity index (χ2n) is 4.44. The van der Waals surface area contributed by atoms with Gasteiger partial charge in [-0.3, -0.25) is 0 Å². The fraction of sp³-hybridized carbons (Fsp3) is 0.133. The van der Waals surface area contributed by atoms with E-state index in [0.717, 1.165) is 26.5 Å². The highest BCUT2D eigenvalue weighted by Gasteiger charge is 2.29. The summed E-state index contributed by atoms with van der Waals surface area (Å²) in [5.74, 6) is 0. The molecule has 0 fully saturated rings. The first-order valence-electron chi connectivity index (χ1n) is 5.99. The monoisotopic (exact) mass is 271 g/mol. The van der Waals surface area contributed by atoms with Crippen molar-refractivity contribution in [2.75, 3.05) is 0 Å². The summed E-state index contributed by atoms with van der Waals surface area (Å²) >= 11 is 1.70. The predicted octanol–water partition coefficient (Wildman–Crippen LogP) is 3.64. The summed E-state index contributed by atoms with van der Waals surface area (Å²) in [5.41, 5.74) is 8.35. The van der Waals surface area contributed by atoms with Crippen LogP contribution in [-0.4, -0.2) is 6.09 Å². The van der Waals surface area contributed by atoms with Crippen LogP contribution in [0.15, 0.2) is 52.3 Å². The minimum Gasteiger partial charge on any atom is -0.436 e. The number of carbonyl (C=O) groups excluding carboxylic acids is 1. The van der Waals surface area contributed by atoms with E-state index in [1.54, 1.807) is 11.8 Å². The Morgan fingerprint density at radius 3 is 2.68 bits per heavy atom. The van der Waals surface area contributed by atoms with Crippen molar-refractivity contribution in [3.63, 3.8) is 0 Å². The molecule has 2 N–H and O–H groups in total. The van der Waals surface area contributed by atoms with Gasteiger partial charge >= 0.3 is 6.09 Å². The Morgan fingerprint density at radius 2 is 1.89 bits per heavy atom. The quantitative estimate of drug-likeness (QED) is 0.861. The van der Waals surface area contributed by atoms with E-state index >= 15 is 0 Å². The van der Waals surface area contributed by atoms with E-state index < -0.39 is 12.2 Å². The number of ether oxygens (including phenoxy) is 1. The number of nitrogens with two attached hydrogens (primary N) is 1. The number of hydrogen-bond donors (Lipinski definition) is 1. The highest BCUT2D eigenvalue weighted by atomic mass is 32.2. The third kappa shape index (κ3) is 2.08. The Hall–Kier alpha value is -1.94. The first kappa shape index (κ1) is 12.1. The molecule has 2 aromatic carbocycles. The Morgan fingerprint density at radius 1 is 1.16 bits per heavy atom. The van der Waals surface area contributed by atoms with E-state index in [4.69, 9.17) is 10.5 Å². The normalized spacial score (nSPS) is 16.4. The van der Waals surface area contributed by atoms with Crippen molar-refractivity contribution in [2.45, 2.75) is 22.8 Å². The van der Waals surface area contributed by atoms with Gasteiger partial charge in [0.1, 0.15) is 0 Å². The van der Waals surface area contributed by atoms with Crippen molar-refractivity contribution < 1.29 is 9.53 Å². The summed E-state index contributed by atoms with van der Waals surface area (Å²) in [6.45, 7) is 2.02. The number of hydrogen-bond acceptors (Lipinski definition) is 3. The maximum absolute atomic E-state index is 11.2. The van der Waals surface area contributed by atoms with E-state index in [1.165, 1.54) is 0 Å². The molecule has 3 nitrogen and oxygen atoms in total. The van der Waals surface area contributed by atoms with Gasteiger partial charge in [0.25, 0.3) is 0 Å². The van der Waals surface area contributed by atoms with Crippen molar-refractivity contribution in [3.8, 4) is 0 Å². The number of primary amides is 1. The van der Waals surface area contributed by atoms with Crippen LogP contribution in [0.25, 0.3) is 0 Å². The van der Waals surface area contributed by atoms with Crippen LogP contribution in [0.2, 0.25) is 0 Å². The number of amides is 1. The van der Waals surface area contributed by atoms with Crippen LogP contribution in [0, 0.1) is 6.92 Å². The molecule has 0 aromatic heterocycles. The first-order chi connectivity index (χ1) is 9.16. The number of carbonyl (C=O) groups is 1. The Kier molecular flexibility index (Phi) is 2.95. The Balaban J connectivity index is 2.19. The van der Waals surface area contributed by atoms with Crippen molar-refractivity contribution in [1.82, 2.24) is 0 Å². The molecule has 2 aromatic rings. The molecule has 0 saturated carbocycles. The zero-order valence-corrected chi connectivity index (χ0v) is 11.2. The summed E-state index contributed by atoms with van der Waals surface area (Å²) in [7, 11) is 0. The average molecular weight is 271 g/mol. The standard InChI is InChI=1S/C15H13NO2S/c1-9-5-4-8-12-13(9)14(18-15(16)17)10-6-2-3-7-11(10)19-12/h2-8,14H,1H3,(H2,16,17). The molecule has 19 heavy (non-hydrogen) atoms. The third-order valence-corrected chi connectivity index (χ3v) is 4.37. The molecule has 1 unspecified atom stereocenters. The van der Waals surface area contributed by atoms with Crippen LogP contribution >= 0.6 is 11.8 Å². The zero-order valence-electron chi connectivity index (χ0n) is 10.4. The van der Waals surface area contributed by atoms with Crippen LogP contribution < -0.4 is 5.73 Å². The Labute approximate surface area is 115 Å². The highest BCUT2D eigenvalue weighted by Crippen LogP contribution is 2.47. The fourth-order valence-electron chi connectivity index (χ4n) is 2.38. The molecule has 0 saturated heterocycles. The molecule has 0 bridgehead atoms. The van der Waals surface area contributed by atoms with Crippen molar-refractivity contribution in [3.05, 3.63) is 59.2 Å². The minimum atomic E-state index is -0.749. The minimum absolute atomic E-state index is 0.411. The summed E-state index contributed by atoms with van der Waals surface area (Å²) < 4.78 is 5.35. The lowest BCUT2D eigenvalue weighted by molar-refractivity contribution is 0.123. The molecule has 0 spiro atoms. The maximum atomic E-state index is 11.2. The second-order valence-corrected chi connectivity index (χ2v) is 5.53. The SMILES string of the molecule is Cc1cccc2c1C(OC(N)=O)c1ccccc1S2. The van der Waals surface area contributed by atoms with Crippen LogP contribution in [0.5, 0.6) is 0 Å². The van der Waals surface area contributed by atoms with E-state index in [-0.39, 0.29) is 0 Å². The zero-order chi connectivity index (χ0) is 13.4. The highest BCUT2D eigenvalue weighted by molar-refractivity contribution is 7.99. The molecule has 1 amide bonds. The van der Waals surface area contributed by atoms with Crippen molar-refractivity contribution in [2.24, 2.45) is 5.73 Å². The van der Waals surface area contributed by atoms with Gasteiger partial charge < -0.3 is 10.5 Å². The Bertz CT molecular complexity index is 654. The lowest BCUT2D eigenvalue weighted by Gasteiger charge is -2.28. The number of benzene rings is 2. The molecule has 1 heterocycles. The first-order valence-corrected chi connectivity index (χ1v) is 6.81. The molecular weight excluding hydrogens is 258 g/mol. The molecule has 4 heteroatoms. The summed E-state index contributed by atoms with van der Waals surface area (Å²) in [6, 6.07) is 14.0. The molecule has 1 atom stereocenters. The smallest absolute Gasteiger partial charge is 0.405 e. The molecule has 3 rings (SSSR count). The van der Waals surface area contributed by atoms with E-state index in [0.29, 0.717) is 0 Å². The van der Waals surface area contributed by atoms with Crippen LogP contribution in [0.1, 0.15) is 22.8 Å². The summed E-state index contributed by atoms with van der Waals surface area (Å²) in [4.78, 5) is 13.4. The number of aryl methyl sites for hydroxylation is 1. The average Bonchev–Trinajstić information content (AvgIpc) is 2.38. The maximum Gasteiger partial charge on any atom is 0.405 e. The van der Waals surface area contributed by atoms with Crippen LogP contribution in [0.3, 0.4) is 0 Å². The van der Waals surface area contributed by atoms with Crippen LogP contribution in [0.4, 0.5) is 4.79 Å². The van der Waals surface area contributed by atoms with Crippen molar-refractivity contribution in [1.29, 1.82) is 0 Å². The molecule has 0 aliphatic carbocycles. The second kappa shape index (κ2) is 4.63. The lowest BCUT2D eigenvalue weighted by Crippen LogP contribution is -2.21. The lowest BCUT2D eigenvalue weighted by atomic mass is 9.96. The molecule has 96 valence electrons. The molecule has 0 radical (unpaired) electrons. The predicted molar refractivity (Wildman–Crippen MR) is 74.3 cm³/mol. The van der Waals surface area contributed by atoms with E-state index in [1.807, 2.05) is 49.4 Å². The van der Waals surface area contributed by atoms with Gasteiger partial charge in [-0.05, 0) is 24.6 Å². The topological polar surface area (TPSA) is 52.3 Å². The van der Waals surface area contributed by atoms with E-state index in [2.05, 4.69) is 0 Å². The van der Waals surface area contributed by atoms with Gasteiger partial charge in [-0.2, -0.15) is 0 Å². The molecule has 1 aliphatic heterocycles. The number of fused-ring (bicyclic) bond motifs is 2. The van der Waals surface area contributed by atoms with Gasteiger partial charge in [0, 0.05) is 20.9 Å². The van der Waals surface area contributed by atoms with Crippen LogP contribution in [-0.2, 0) is 4.74 Å². The summed E-state index contributed by atoms with van der Waals surface area (Å²) in [5, 5.41) is 0. The van der Waals surface area contributed by atoms with E-state index in [9.17, 15) is 4.79 Å². The largest absolute Gasteiger partial charge is 0.436 e. The van der Waals surface area contributed by atoms with Gasteiger partial charge in [0.15, 0.2) is 6.10 Å². The summed E-state index contributed by atoms with van der Waals surface area (Å²) in [6.07, 6.45) is -1.16.